The Morgan fingerprint density at radius 1 is 1.06 bits per heavy atom. The first-order valence-electron chi connectivity index (χ1n) is 10.3. The van der Waals surface area contributed by atoms with Crippen LogP contribution in [-0.2, 0) is 12.4 Å². The van der Waals surface area contributed by atoms with E-state index in [-0.39, 0.29) is 24.4 Å². The number of nitrogens with zero attached hydrogens (tertiary/aromatic N) is 2. The van der Waals surface area contributed by atoms with Crippen LogP contribution in [0.2, 0.25) is 0 Å². The molecule has 5 nitrogen and oxygen atoms in total. The normalized spacial score (nSPS) is 15.3. The Morgan fingerprint density at radius 3 is 2.18 bits per heavy atom. The lowest BCUT2D eigenvalue weighted by molar-refractivity contribution is -0.143. The second kappa shape index (κ2) is 10.2. The van der Waals surface area contributed by atoms with Gasteiger partial charge < -0.3 is 10.2 Å². The lowest BCUT2D eigenvalue weighted by Crippen LogP contribution is -2.41. The number of halogens is 6. The quantitative estimate of drug-likeness (QED) is 0.453. The second-order valence-corrected chi connectivity index (χ2v) is 8.60. The summed E-state index contributed by atoms with van der Waals surface area (Å²) in [4.78, 5) is 31.0. The molecule has 0 spiro atoms. The van der Waals surface area contributed by atoms with Gasteiger partial charge in [0.2, 0.25) is 0 Å². The third-order valence-corrected chi connectivity index (χ3v) is 6.21. The molecule has 1 fully saturated rings. The summed E-state index contributed by atoms with van der Waals surface area (Å²) >= 11 is 1.36. The minimum atomic E-state index is -5.03. The number of carbonyl (C=O) groups is 2. The number of amides is 2. The molecule has 2 amide bonds. The Bertz CT molecular complexity index is 1020. The molecule has 1 aliphatic rings. The Morgan fingerprint density at radius 2 is 1.65 bits per heavy atom. The Kier molecular flexibility index (Phi) is 7.79. The number of hydrogen-bond acceptors (Lipinski definition) is 4. The largest absolute Gasteiger partial charge is 0.416 e. The Balaban J connectivity index is 1.61. The fraction of sp³-hybridized carbons (Fsp3) is 0.409. The van der Waals surface area contributed by atoms with E-state index in [1.807, 2.05) is 6.26 Å². The van der Waals surface area contributed by atoms with Gasteiger partial charge in [-0.3, -0.25) is 9.59 Å². The molecule has 0 saturated carbocycles. The van der Waals surface area contributed by atoms with E-state index in [4.69, 9.17) is 0 Å². The molecular weight excluding hydrogens is 484 g/mol. The topological polar surface area (TPSA) is 62.3 Å². The van der Waals surface area contributed by atoms with E-state index in [0.717, 1.165) is 0 Å². The number of benzene rings is 1. The SMILES string of the molecule is CSc1ncccc1C(=O)N1CCC(CNC(=O)c2cc(C(F)(F)F)cc(C(F)(F)F)c2)CC1. The summed E-state index contributed by atoms with van der Waals surface area (Å²) in [5.74, 6) is -1.26. The van der Waals surface area contributed by atoms with E-state index < -0.39 is 35.0 Å². The van der Waals surface area contributed by atoms with Crippen LogP contribution in [0.1, 0.15) is 44.7 Å². The molecule has 1 aromatic carbocycles. The lowest BCUT2D eigenvalue weighted by Gasteiger charge is -2.32. The molecule has 0 atom stereocenters. The summed E-state index contributed by atoms with van der Waals surface area (Å²) in [6.45, 7) is 0.884. The van der Waals surface area contributed by atoms with Gasteiger partial charge in [0.25, 0.3) is 11.8 Å². The molecule has 2 aromatic rings. The van der Waals surface area contributed by atoms with Gasteiger partial charge in [-0.05, 0) is 55.3 Å². The highest BCUT2D eigenvalue weighted by atomic mass is 32.2. The number of rotatable bonds is 5. The maximum absolute atomic E-state index is 13.0. The predicted molar refractivity (Wildman–Crippen MR) is 113 cm³/mol. The van der Waals surface area contributed by atoms with Crippen molar-refractivity contribution in [1.29, 1.82) is 0 Å². The predicted octanol–water partition coefficient (Wildman–Crippen LogP) is 5.12. The van der Waals surface area contributed by atoms with Crippen molar-refractivity contribution in [3.63, 3.8) is 0 Å². The van der Waals surface area contributed by atoms with E-state index in [1.165, 1.54) is 11.8 Å². The molecule has 1 aromatic heterocycles. The number of aromatic nitrogens is 1. The lowest BCUT2D eigenvalue weighted by atomic mass is 9.96. The van der Waals surface area contributed by atoms with Crippen LogP contribution in [0.4, 0.5) is 26.3 Å². The van der Waals surface area contributed by atoms with Crippen LogP contribution in [0.25, 0.3) is 0 Å². The molecule has 0 unspecified atom stereocenters. The number of thioether (sulfide) groups is 1. The van der Waals surface area contributed by atoms with Crippen LogP contribution in [-0.4, -0.2) is 47.6 Å². The molecule has 1 aliphatic heterocycles. The minimum absolute atomic E-state index is 0.0196. The summed E-state index contributed by atoms with van der Waals surface area (Å²) in [7, 11) is 0. The number of hydrogen-bond donors (Lipinski definition) is 1. The second-order valence-electron chi connectivity index (χ2n) is 7.80. The first-order valence-corrected chi connectivity index (χ1v) is 11.5. The average molecular weight is 505 g/mol. The first kappa shape index (κ1) is 25.9. The smallest absolute Gasteiger partial charge is 0.352 e. The number of piperidine rings is 1. The third-order valence-electron chi connectivity index (χ3n) is 5.50. The molecule has 3 rings (SSSR count). The summed E-state index contributed by atoms with van der Waals surface area (Å²) in [6, 6.07) is 4.16. The van der Waals surface area contributed by atoms with E-state index >= 15 is 0 Å². The molecule has 0 bridgehead atoms. The fourth-order valence-electron chi connectivity index (χ4n) is 3.65. The summed E-state index contributed by atoms with van der Waals surface area (Å²) in [5.41, 5.74) is -3.30. The minimum Gasteiger partial charge on any atom is -0.352 e. The number of likely N-dealkylation sites (tertiary alicyclic amines) is 1. The van der Waals surface area contributed by atoms with Gasteiger partial charge >= 0.3 is 12.4 Å². The van der Waals surface area contributed by atoms with Gasteiger partial charge in [-0.25, -0.2) is 4.98 Å². The van der Waals surface area contributed by atoms with Crippen LogP contribution in [0.3, 0.4) is 0 Å². The molecule has 1 saturated heterocycles. The monoisotopic (exact) mass is 505 g/mol. The molecule has 0 aliphatic carbocycles. The molecule has 1 N–H and O–H groups in total. The van der Waals surface area contributed by atoms with Crippen molar-refractivity contribution in [1.82, 2.24) is 15.2 Å². The number of nitrogens with one attached hydrogen (secondary N) is 1. The fourth-order valence-corrected chi connectivity index (χ4v) is 4.19. The van der Waals surface area contributed by atoms with Gasteiger partial charge in [0, 0.05) is 31.4 Å². The highest BCUT2D eigenvalue weighted by Gasteiger charge is 2.37. The summed E-state index contributed by atoms with van der Waals surface area (Å²) in [5, 5.41) is 3.04. The van der Waals surface area contributed by atoms with Crippen molar-refractivity contribution in [2.75, 3.05) is 25.9 Å². The van der Waals surface area contributed by atoms with E-state index in [1.54, 1.807) is 23.2 Å². The molecular formula is C22H21F6N3O2S. The van der Waals surface area contributed by atoms with Crippen LogP contribution in [0.5, 0.6) is 0 Å². The maximum atomic E-state index is 13.0. The van der Waals surface area contributed by atoms with Gasteiger partial charge in [-0.15, -0.1) is 11.8 Å². The van der Waals surface area contributed by atoms with E-state index in [0.29, 0.717) is 48.7 Å². The Labute approximate surface area is 195 Å². The zero-order chi connectivity index (χ0) is 25.1. The van der Waals surface area contributed by atoms with Gasteiger partial charge in [-0.2, -0.15) is 26.3 Å². The van der Waals surface area contributed by atoms with Crippen molar-refractivity contribution in [2.45, 2.75) is 30.2 Å². The van der Waals surface area contributed by atoms with Crippen LogP contribution < -0.4 is 5.32 Å². The molecule has 0 radical (unpaired) electrons. The average Bonchev–Trinajstić information content (AvgIpc) is 2.81. The Hall–Kier alpha value is -2.76. The number of carbonyl (C=O) groups excluding carboxylic acids is 2. The molecule has 12 heteroatoms. The van der Waals surface area contributed by atoms with Gasteiger partial charge in [0.15, 0.2) is 0 Å². The van der Waals surface area contributed by atoms with Gasteiger partial charge in [-0.1, -0.05) is 0 Å². The zero-order valence-electron chi connectivity index (χ0n) is 18.0. The van der Waals surface area contributed by atoms with Crippen molar-refractivity contribution < 1.29 is 35.9 Å². The van der Waals surface area contributed by atoms with Crippen molar-refractivity contribution in [3.8, 4) is 0 Å². The third kappa shape index (κ3) is 6.22. The van der Waals surface area contributed by atoms with E-state index in [2.05, 4.69) is 10.3 Å². The summed E-state index contributed by atoms with van der Waals surface area (Å²) in [6.07, 6.45) is -5.59. The summed E-state index contributed by atoms with van der Waals surface area (Å²) < 4.78 is 78.1. The van der Waals surface area contributed by atoms with Crippen molar-refractivity contribution >= 4 is 23.6 Å². The van der Waals surface area contributed by atoms with Gasteiger partial charge in [0.1, 0.15) is 5.03 Å². The highest BCUT2D eigenvalue weighted by molar-refractivity contribution is 7.98. The standard InChI is InChI=1S/C22H21F6N3O2S/c1-34-19-17(3-2-6-29-19)20(33)31-7-4-13(5-8-31)12-30-18(32)14-9-15(21(23,24)25)11-16(10-14)22(26,27)28/h2-3,6,9-11,13H,4-5,7-8,12H2,1H3,(H,30,32). The van der Waals surface area contributed by atoms with Crippen molar-refractivity contribution in [2.24, 2.45) is 5.92 Å². The molecule has 184 valence electrons. The number of pyridine rings is 1. The zero-order valence-corrected chi connectivity index (χ0v) is 18.8. The van der Waals surface area contributed by atoms with E-state index in [9.17, 15) is 35.9 Å². The van der Waals surface area contributed by atoms with Crippen molar-refractivity contribution in [3.05, 3.63) is 58.8 Å². The highest BCUT2D eigenvalue weighted by Crippen LogP contribution is 2.36. The first-order chi connectivity index (χ1) is 15.9. The number of alkyl halides is 6. The van der Waals surface area contributed by atoms with Gasteiger partial charge in [0.05, 0.1) is 16.7 Å². The van der Waals surface area contributed by atoms with Crippen LogP contribution in [0, 0.1) is 5.92 Å². The van der Waals surface area contributed by atoms with Crippen LogP contribution in [0.15, 0.2) is 41.6 Å². The molecule has 34 heavy (non-hydrogen) atoms. The van der Waals surface area contributed by atoms with Crippen LogP contribution >= 0.6 is 11.8 Å². The maximum Gasteiger partial charge on any atom is 0.416 e. The molecule has 2 heterocycles.